The second-order valence-electron chi connectivity index (χ2n) is 4.64. The third-order valence-corrected chi connectivity index (χ3v) is 3.51. The van der Waals surface area contributed by atoms with E-state index in [1.54, 1.807) is 30.3 Å². The summed E-state index contributed by atoms with van der Waals surface area (Å²) in [7, 11) is 0. The van der Waals surface area contributed by atoms with Crippen LogP contribution in [0.4, 0.5) is 11.4 Å². The summed E-state index contributed by atoms with van der Waals surface area (Å²) in [5.41, 5.74) is 2.99. The van der Waals surface area contributed by atoms with Gasteiger partial charge in [-0.3, -0.25) is 9.59 Å². The van der Waals surface area contributed by atoms with Crippen LogP contribution in [-0.2, 0) is 9.59 Å². The van der Waals surface area contributed by atoms with Gasteiger partial charge in [-0.05, 0) is 43.2 Å². The van der Waals surface area contributed by atoms with Gasteiger partial charge in [-0.25, -0.2) is 0 Å². The average Bonchev–Trinajstić information content (AvgIpc) is 2.46. The standard InChI is InChI=1S/C16H15ClN2O2/c1-10-6-5-9-13(11(10)2)18-15(20)16(21)19-14-8-4-3-7-12(14)17/h3-9H,1-2H3,(H,18,20)(H,19,21). The SMILES string of the molecule is Cc1cccc(NC(=O)C(=O)Nc2ccccc2Cl)c1C. The number of nitrogens with one attached hydrogen (secondary N) is 2. The van der Waals surface area contributed by atoms with E-state index in [0.29, 0.717) is 16.4 Å². The number of halogens is 1. The number of amides is 2. The molecule has 0 unspecified atom stereocenters. The lowest BCUT2D eigenvalue weighted by Crippen LogP contribution is -2.29. The molecule has 5 heteroatoms. The van der Waals surface area contributed by atoms with Gasteiger partial charge >= 0.3 is 11.8 Å². The third-order valence-electron chi connectivity index (χ3n) is 3.18. The van der Waals surface area contributed by atoms with Crippen molar-refractivity contribution in [3.8, 4) is 0 Å². The van der Waals surface area contributed by atoms with Gasteiger partial charge in [0.15, 0.2) is 0 Å². The highest BCUT2D eigenvalue weighted by molar-refractivity contribution is 6.44. The Bertz CT molecular complexity index is 698. The fourth-order valence-corrected chi connectivity index (χ4v) is 1.99. The van der Waals surface area contributed by atoms with Gasteiger partial charge in [-0.15, -0.1) is 0 Å². The Morgan fingerprint density at radius 1 is 0.857 bits per heavy atom. The van der Waals surface area contributed by atoms with E-state index in [1.807, 2.05) is 26.0 Å². The highest BCUT2D eigenvalue weighted by Gasteiger charge is 2.16. The Kier molecular flexibility index (Phi) is 4.60. The summed E-state index contributed by atoms with van der Waals surface area (Å²) in [5.74, 6) is -1.49. The molecular weight excluding hydrogens is 288 g/mol. The molecule has 108 valence electrons. The van der Waals surface area contributed by atoms with Crippen molar-refractivity contribution in [2.75, 3.05) is 10.6 Å². The summed E-state index contributed by atoms with van der Waals surface area (Å²) in [5, 5.41) is 5.46. The molecule has 0 spiro atoms. The molecule has 0 aliphatic heterocycles. The van der Waals surface area contributed by atoms with Crippen LogP contribution in [-0.4, -0.2) is 11.8 Å². The van der Waals surface area contributed by atoms with Crippen molar-refractivity contribution in [2.24, 2.45) is 0 Å². The molecule has 0 aliphatic rings. The topological polar surface area (TPSA) is 58.2 Å². The van der Waals surface area contributed by atoms with E-state index in [9.17, 15) is 9.59 Å². The fourth-order valence-electron chi connectivity index (χ4n) is 1.81. The number of benzene rings is 2. The van der Waals surface area contributed by atoms with Crippen LogP contribution in [0, 0.1) is 13.8 Å². The van der Waals surface area contributed by atoms with Gasteiger partial charge in [0.25, 0.3) is 0 Å². The third kappa shape index (κ3) is 3.61. The summed E-state index contributed by atoms with van der Waals surface area (Å²) in [6, 6.07) is 12.3. The number of carbonyl (C=O) groups excluding carboxylic acids is 2. The maximum atomic E-state index is 11.9. The zero-order chi connectivity index (χ0) is 15.4. The lowest BCUT2D eigenvalue weighted by Gasteiger charge is -2.11. The Hall–Kier alpha value is -2.33. The van der Waals surface area contributed by atoms with Gasteiger partial charge in [0, 0.05) is 5.69 Å². The first kappa shape index (κ1) is 15.1. The molecule has 2 aromatic carbocycles. The number of hydrogen-bond donors (Lipinski definition) is 2. The minimum Gasteiger partial charge on any atom is -0.318 e. The predicted molar refractivity (Wildman–Crippen MR) is 84.6 cm³/mol. The van der Waals surface area contributed by atoms with Gasteiger partial charge in [-0.1, -0.05) is 35.9 Å². The van der Waals surface area contributed by atoms with E-state index in [4.69, 9.17) is 11.6 Å². The largest absolute Gasteiger partial charge is 0.318 e. The van der Waals surface area contributed by atoms with E-state index >= 15 is 0 Å². The maximum absolute atomic E-state index is 11.9. The van der Waals surface area contributed by atoms with Crippen LogP contribution >= 0.6 is 11.6 Å². The van der Waals surface area contributed by atoms with Gasteiger partial charge in [-0.2, -0.15) is 0 Å². The van der Waals surface area contributed by atoms with Crippen LogP contribution in [0.25, 0.3) is 0 Å². The zero-order valence-electron chi connectivity index (χ0n) is 11.7. The molecule has 0 aromatic heterocycles. The second-order valence-corrected chi connectivity index (χ2v) is 5.04. The van der Waals surface area contributed by atoms with Gasteiger partial charge in [0.2, 0.25) is 0 Å². The molecule has 0 saturated heterocycles. The first-order valence-corrected chi connectivity index (χ1v) is 6.80. The van der Waals surface area contributed by atoms with Crippen LogP contribution in [0.2, 0.25) is 5.02 Å². The van der Waals surface area contributed by atoms with Crippen LogP contribution in [0.3, 0.4) is 0 Å². The summed E-state index contributed by atoms with van der Waals surface area (Å²) in [6.07, 6.45) is 0. The quantitative estimate of drug-likeness (QED) is 0.834. The second kappa shape index (κ2) is 6.41. The predicted octanol–water partition coefficient (Wildman–Crippen LogP) is 3.53. The summed E-state index contributed by atoms with van der Waals surface area (Å²) in [6.45, 7) is 3.83. The molecule has 2 rings (SSSR count). The summed E-state index contributed by atoms with van der Waals surface area (Å²) in [4.78, 5) is 23.8. The Balaban J connectivity index is 2.08. The highest BCUT2D eigenvalue weighted by atomic mass is 35.5. The summed E-state index contributed by atoms with van der Waals surface area (Å²) < 4.78 is 0. The first-order valence-electron chi connectivity index (χ1n) is 6.42. The number of hydrogen-bond acceptors (Lipinski definition) is 2. The molecule has 2 aromatic rings. The molecule has 0 fully saturated rings. The number of aryl methyl sites for hydroxylation is 1. The molecule has 0 bridgehead atoms. The normalized spacial score (nSPS) is 10.0. The monoisotopic (exact) mass is 302 g/mol. The van der Waals surface area contributed by atoms with E-state index in [0.717, 1.165) is 11.1 Å². The van der Waals surface area contributed by atoms with Crippen LogP contribution in [0.1, 0.15) is 11.1 Å². The summed E-state index contributed by atoms with van der Waals surface area (Å²) >= 11 is 5.93. The molecule has 0 saturated carbocycles. The maximum Gasteiger partial charge on any atom is 0.314 e. The fraction of sp³-hybridized carbons (Fsp3) is 0.125. The van der Waals surface area contributed by atoms with Crippen molar-refractivity contribution in [3.63, 3.8) is 0 Å². The van der Waals surface area contributed by atoms with Gasteiger partial charge in [0.1, 0.15) is 0 Å². The molecule has 2 amide bonds. The average molecular weight is 303 g/mol. The smallest absolute Gasteiger partial charge is 0.314 e. The van der Waals surface area contributed by atoms with Crippen LogP contribution < -0.4 is 10.6 Å². The van der Waals surface area contributed by atoms with E-state index in [-0.39, 0.29) is 0 Å². The minimum absolute atomic E-state index is 0.380. The lowest BCUT2D eigenvalue weighted by molar-refractivity contribution is -0.133. The lowest BCUT2D eigenvalue weighted by atomic mass is 10.1. The number of anilines is 2. The van der Waals surface area contributed by atoms with Crippen molar-refractivity contribution in [1.82, 2.24) is 0 Å². The van der Waals surface area contributed by atoms with Crippen molar-refractivity contribution in [2.45, 2.75) is 13.8 Å². The molecule has 0 aliphatic carbocycles. The molecule has 0 atom stereocenters. The van der Waals surface area contributed by atoms with Crippen LogP contribution in [0.15, 0.2) is 42.5 Å². The molecular formula is C16H15ClN2O2. The van der Waals surface area contributed by atoms with Crippen molar-refractivity contribution >= 4 is 34.8 Å². The Labute approximate surface area is 128 Å². The van der Waals surface area contributed by atoms with Gasteiger partial charge in [0.05, 0.1) is 10.7 Å². The number of rotatable bonds is 2. The first-order chi connectivity index (χ1) is 9.99. The Morgan fingerprint density at radius 3 is 2.10 bits per heavy atom. The van der Waals surface area contributed by atoms with Crippen molar-refractivity contribution in [1.29, 1.82) is 0 Å². The highest BCUT2D eigenvalue weighted by Crippen LogP contribution is 2.21. The van der Waals surface area contributed by atoms with E-state index < -0.39 is 11.8 Å². The minimum atomic E-state index is -0.760. The number of para-hydroxylation sites is 1. The van der Waals surface area contributed by atoms with E-state index in [2.05, 4.69) is 10.6 Å². The molecule has 2 N–H and O–H groups in total. The molecule has 0 radical (unpaired) electrons. The van der Waals surface area contributed by atoms with Gasteiger partial charge < -0.3 is 10.6 Å². The Morgan fingerprint density at radius 2 is 1.43 bits per heavy atom. The molecule has 21 heavy (non-hydrogen) atoms. The number of carbonyl (C=O) groups is 2. The van der Waals surface area contributed by atoms with Crippen molar-refractivity contribution in [3.05, 3.63) is 58.6 Å². The molecule has 0 heterocycles. The molecule has 4 nitrogen and oxygen atoms in total. The van der Waals surface area contributed by atoms with Crippen LogP contribution in [0.5, 0.6) is 0 Å². The van der Waals surface area contributed by atoms with E-state index in [1.165, 1.54) is 0 Å². The zero-order valence-corrected chi connectivity index (χ0v) is 12.5. The van der Waals surface area contributed by atoms with Crippen molar-refractivity contribution < 1.29 is 9.59 Å².